The number of carbonyl (C=O) groups is 1. The van der Waals surface area contributed by atoms with Crippen molar-refractivity contribution in [2.24, 2.45) is 0 Å². The van der Waals surface area contributed by atoms with Gasteiger partial charge in [-0.15, -0.1) is 0 Å². The predicted octanol–water partition coefficient (Wildman–Crippen LogP) is 2.54. The fourth-order valence-corrected chi connectivity index (χ4v) is 4.47. The van der Waals surface area contributed by atoms with E-state index >= 15 is 0 Å². The van der Waals surface area contributed by atoms with Gasteiger partial charge in [-0.05, 0) is 48.4 Å². The zero-order valence-electron chi connectivity index (χ0n) is 17.2. The van der Waals surface area contributed by atoms with Crippen LogP contribution in [-0.2, 0) is 35.0 Å². The number of hydrogen-bond acceptors (Lipinski definition) is 8. The van der Waals surface area contributed by atoms with Crippen LogP contribution in [0.2, 0.25) is 5.02 Å². The van der Waals surface area contributed by atoms with Crippen LogP contribution in [0.5, 0.6) is 0 Å². The standard InChI is InChI=1S/C21H23ClN2O6S2/c1-28-21(23-14-31)19-12-24(20(13-25)30-19)17-6-2-15(3-7-17)10-11-29-32(26,27)18-8-4-16(22)5-9-18/h2-9,13-14,19-21H,10-12H2,1H3,(H,23,31). The summed E-state index contributed by atoms with van der Waals surface area (Å²) in [6.45, 7) is 0.425. The number of halogens is 1. The first-order valence-corrected chi connectivity index (χ1v) is 12.0. The molecule has 8 nitrogen and oxygen atoms in total. The van der Waals surface area contributed by atoms with Gasteiger partial charge < -0.3 is 19.7 Å². The average molecular weight is 499 g/mol. The van der Waals surface area contributed by atoms with Crippen LogP contribution < -0.4 is 10.2 Å². The Labute approximate surface area is 197 Å². The molecule has 3 atom stereocenters. The van der Waals surface area contributed by atoms with Crippen molar-refractivity contribution in [2.45, 2.75) is 29.9 Å². The van der Waals surface area contributed by atoms with E-state index in [9.17, 15) is 13.2 Å². The Kier molecular flexibility index (Phi) is 8.57. The summed E-state index contributed by atoms with van der Waals surface area (Å²) in [5.74, 6) is 0. The van der Waals surface area contributed by atoms with Gasteiger partial charge in [-0.25, -0.2) is 0 Å². The molecule has 0 spiro atoms. The largest absolute Gasteiger partial charge is 0.359 e. The second-order valence-corrected chi connectivity index (χ2v) is 9.23. The fraction of sp³-hybridized carbons (Fsp3) is 0.333. The van der Waals surface area contributed by atoms with Crippen LogP contribution in [0.15, 0.2) is 53.4 Å². The minimum Gasteiger partial charge on any atom is -0.359 e. The molecule has 0 aliphatic carbocycles. The van der Waals surface area contributed by atoms with Crippen LogP contribution in [-0.4, -0.2) is 59.0 Å². The Morgan fingerprint density at radius 2 is 1.94 bits per heavy atom. The van der Waals surface area contributed by atoms with Crippen molar-refractivity contribution >= 4 is 51.4 Å². The van der Waals surface area contributed by atoms with Crippen molar-refractivity contribution in [1.82, 2.24) is 5.32 Å². The highest BCUT2D eigenvalue weighted by atomic mass is 35.5. The van der Waals surface area contributed by atoms with E-state index in [1.165, 1.54) is 36.9 Å². The lowest BCUT2D eigenvalue weighted by Crippen LogP contribution is -2.42. The van der Waals surface area contributed by atoms with E-state index in [1.807, 2.05) is 29.2 Å². The van der Waals surface area contributed by atoms with Gasteiger partial charge in [-0.1, -0.05) is 36.0 Å². The van der Waals surface area contributed by atoms with Crippen LogP contribution in [0.3, 0.4) is 0 Å². The summed E-state index contributed by atoms with van der Waals surface area (Å²) in [6.07, 6.45) is -0.482. The molecule has 2 aromatic carbocycles. The number of carbonyl (C=O) groups excluding carboxylic acids is 1. The number of ether oxygens (including phenoxy) is 2. The fourth-order valence-electron chi connectivity index (χ4n) is 3.31. The molecular formula is C21H23ClN2O6S2. The summed E-state index contributed by atoms with van der Waals surface area (Å²) in [4.78, 5) is 13.4. The van der Waals surface area contributed by atoms with Crippen molar-refractivity contribution in [3.63, 3.8) is 0 Å². The predicted molar refractivity (Wildman–Crippen MR) is 124 cm³/mol. The summed E-state index contributed by atoms with van der Waals surface area (Å²) >= 11 is 10.6. The highest BCUT2D eigenvalue weighted by Crippen LogP contribution is 2.26. The van der Waals surface area contributed by atoms with Gasteiger partial charge in [0.25, 0.3) is 10.1 Å². The maximum Gasteiger partial charge on any atom is 0.296 e. The van der Waals surface area contributed by atoms with Crippen molar-refractivity contribution in [2.75, 3.05) is 25.2 Å². The Hall–Kier alpha value is -2.08. The molecule has 3 rings (SSSR count). The number of benzene rings is 2. The molecule has 1 N–H and O–H groups in total. The Morgan fingerprint density at radius 3 is 2.53 bits per heavy atom. The molecule has 0 saturated carbocycles. The molecule has 1 aliphatic heterocycles. The summed E-state index contributed by atoms with van der Waals surface area (Å²) in [5.41, 5.74) is 3.02. The topological polar surface area (TPSA) is 94.2 Å². The number of rotatable bonds is 11. The van der Waals surface area contributed by atoms with E-state index in [2.05, 4.69) is 5.32 Å². The molecule has 1 aliphatic rings. The van der Waals surface area contributed by atoms with Crippen LogP contribution in [0, 0.1) is 0 Å². The SMILES string of the molecule is COC(NC=S)C1CN(c2ccc(CCOS(=O)(=O)c3ccc(Cl)cc3)cc2)C(C=O)O1. The minimum atomic E-state index is -3.85. The number of anilines is 1. The lowest BCUT2D eigenvalue weighted by Gasteiger charge is -2.22. The number of nitrogens with one attached hydrogen (secondary N) is 1. The summed E-state index contributed by atoms with van der Waals surface area (Å²) in [5, 5.41) is 3.33. The molecule has 1 fully saturated rings. The Bertz CT molecular complexity index is 1020. The van der Waals surface area contributed by atoms with Crippen LogP contribution >= 0.6 is 23.8 Å². The first-order valence-electron chi connectivity index (χ1n) is 9.72. The van der Waals surface area contributed by atoms with Gasteiger partial charge in [0.1, 0.15) is 6.10 Å². The van der Waals surface area contributed by atoms with Gasteiger partial charge in [0.2, 0.25) is 0 Å². The lowest BCUT2D eigenvalue weighted by molar-refractivity contribution is -0.121. The molecule has 0 radical (unpaired) electrons. The highest BCUT2D eigenvalue weighted by Gasteiger charge is 2.37. The lowest BCUT2D eigenvalue weighted by atomic mass is 10.1. The zero-order valence-corrected chi connectivity index (χ0v) is 19.6. The molecule has 0 amide bonds. The van der Waals surface area contributed by atoms with Gasteiger partial charge >= 0.3 is 0 Å². The van der Waals surface area contributed by atoms with Gasteiger partial charge in [0.15, 0.2) is 18.7 Å². The second kappa shape index (κ2) is 11.2. The van der Waals surface area contributed by atoms with E-state index in [-0.39, 0.29) is 17.6 Å². The third-order valence-corrected chi connectivity index (χ3v) is 6.65. The molecule has 1 heterocycles. The molecule has 0 aromatic heterocycles. The zero-order chi connectivity index (χ0) is 23.1. The quantitative estimate of drug-likeness (QED) is 0.217. The summed E-state index contributed by atoms with van der Waals surface area (Å²) in [6, 6.07) is 13.2. The van der Waals surface area contributed by atoms with Crippen molar-refractivity contribution in [3.05, 3.63) is 59.1 Å². The van der Waals surface area contributed by atoms with Crippen molar-refractivity contribution in [1.29, 1.82) is 0 Å². The van der Waals surface area contributed by atoms with Gasteiger partial charge in [-0.3, -0.25) is 8.98 Å². The number of nitrogens with zero attached hydrogens (tertiary/aromatic N) is 1. The second-order valence-electron chi connectivity index (χ2n) is 6.94. The molecule has 2 aromatic rings. The van der Waals surface area contributed by atoms with Gasteiger partial charge in [0.05, 0.1) is 23.5 Å². The molecule has 11 heteroatoms. The number of thiocarbonyl (C=S) groups is 1. The van der Waals surface area contributed by atoms with E-state index in [0.29, 0.717) is 18.0 Å². The van der Waals surface area contributed by atoms with E-state index < -0.39 is 22.6 Å². The molecule has 1 saturated heterocycles. The first kappa shape index (κ1) is 24.6. The van der Waals surface area contributed by atoms with E-state index in [0.717, 1.165) is 17.5 Å². The smallest absolute Gasteiger partial charge is 0.296 e. The Morgan fingerprint density at radius 1 is 1.25 bits per heavy atom. The minimum absolute atomic E-state index is 0.00503. The third-order valence-electron chi connectivity index (χ3n) is 4.94. The number of hydrogen-bond donors (Lipinski definition) is 1. The number of methoxy groups -OCH3 is 1. The molecule has 3 unspecified atom stereocenters. The third kappa shape index (κ3) is 6.03. The normalized spacial score (nSPS) is 19.5. The molecular weight excluding hydrogens is 476 g/mol. The van der Waals surface area contributed by atoms with Crippen molar-refractivity contribution in [3.8, 4) is 0 Å². The Balaban J connectivity index is 1.59. The van der Waals surface area contributed by atoms with E-state index in [1.54, 1.807) is 0 Å². The molecule has 0 bridgehead atoms. The average Bonchev–Trinajstić information content (AvgIpc) is 3.22. The van der Waals surface area contributed by atoms with Crippen LogP contribution in [0.25, 0.3) is 0 Å². The van der Waals surface area contributed by atoms with Crippen LogP contribution in [0.1, 0.15) is 5.56 Å². The first-order chi connectivity index (χ1) is 15.4. The molecule has 32 heavy (non-hydrogen) atoms. The maximum absolute atomic E-state index is 12.2. The molecule has 172 valence electrons. The summed E-state index contributed by atoms with van der Waals surface area (Å²) < 4.78 is 40.7. The van der Waals surface area contributed by atoms with Crippen LogP contribution in [0.4, 0.5) is 5.69 Å². The monoisotopic (exact) mass is 498 g/mol. The van der Waals surface area contributed by atoms with Gasteiger partial charge in [0, 0.05) is 17.8 Å². The van der Waals surface area contributed by atoms with Crippen molar-refractivity contribution < 1.29 is 26.9 Å². The van der Waals surface area contributed by atoms with Gasteiger partial charge in [-0.2, -0.15) is 8.42 Å². The summed E-state index contributed by atoms with van der Waals surface area (Å²) in [7, 11) is -2.32. The number of aldehydes is 1. The van der Waals surface area contributed by atoms with E-state index in [4.69, 9.17) is 37.5 Å². The highest BCUT2D eigenvalue weighted by molar-refractivity contribution is 7.86. The maximum atomic E-state index is 12.2.